The standard InChI is InChI=1S/C15H25NO3/c1-4-8-16-12-13-6-7-14(15(11-13)17-3)19-10-9-18-5-2/h6-7,11,16H,4-5,8-10,12H2,1-3H3. The molecule has 0 aliphatic heterocycles. The van der Waals surface area contributed by atoms with Crippen LogP contribution in [0, 0.1) is 0 Å². The molecule has 19 heavy (non-hydrogen) atoms. The van der Waals surface area contributed by atoms with Gasteiger partial charge in [-0.1, -0.05) is 13.0 Å². The maximum absolute atomic E-state index is 5.64. The molecule has 0 saturated heterocycles. The summed E-state index contributed by atoms with van der Waals surface area (Å²) in [6.07, 6.45) is 1.13. The molecule has 0 aliphatic rings. The summed E-state index contributed by atoms with van der Waals surface area (Å²) in [5, 5.41) is 3.37. The molecule has 1 N–H and O–H groups in total. The van der Waals surface area contributed by atoms with Crippen LogP contribution in [0.15, 0.2) is 18.2 Å². The quantitative estimate of drug-likeness (QED) is 0.661. The Kier molecular flexibility index (Phi) is 8.02. The van der Waals surface area contributed by atoms with Crippen LogP contribution >= 0.6 is 0 Å². The summed E-state index contributed by atoms with van der Waals surface area (Å²) in [6.45, 7) is 7.85. The highest BCUT2D eigenvalue weighted by Crippen LogP contribution is 2.27. The van der Waals surface area contributed by atoms with Gasteiger partial charge in [0.05, 0.1) is 13.7 Å². The third-order valence-electron chi connectivity index (χ3n) is 2.67. The maximum atomic E-state index is 5.64. The normalized spacial score (nSPS) is 10.5. The Morgan fingerprint density at radius 1 is 1.11 bits per heavy atom. The molecule has 0 unspecified atom stereocenters. The van der Waals surface area contributed by atoms with Crippen LogP contribution in [0.4, 0.5) is 0 Å². The van der Waals surface area contributed by atoms with Crippen molar-refractivity contribution in [1.29, 1.82) is 0 Å². The van der Waals surface area contributed by atoms with Crippen LogP contribution in [0.25, 0.3) is 0 Å². The van der Waals surface area contributed by atoms with Crippen molar-refractivity contribution in [3.05, 3.63) is 23.8 Å². The Bertz CT molecular complexity index is 355. The largest absolute Gasteiger partial charge is 0.493 e. The van der Waals surface area contributed by atoms with E-state index in [9.17, 15) is 0 Å². The van der Waals surface area contributed by atoms with E-state index in [2.05, 4.69) is 18.3 Å². The van der Waals surface area contributed by atoms with Crippen molar-refractivity contribution in [3.63, 3.8) is 0 Å². The molecule has 1 aromatic rings. The number of rotatable bonds is 10. The van der Waals surface area contributed by atoms with Gasteiger partial charge >= 0.3 is 0 Å². The first-order valence-electron chi connectivity index (χ1n) is 6.90. The molecule has 0 atom stereocenters. The van der Waals surface area contributed by atoms with E-state index in [4.69, 9.17) is 14.2 Å². The number of nitrogens with one attached hydrogen (secondary N) is 1. The highest BCUT2D eigenvalue weighted by molar-refractivity contribution is 5.42. The maximum Gasteiger partial charge on any atom is 0.161 e. The monoisotopic (exact) mass is 267 g/mol. The van der Waals surface area contributed by atoms with Gasteiger partial charge in [0.2, 0.25) is 0 Å². The van der Waals surface area contributed by atoms with E-state index >= 15 is 0 Å². The van der Waals surface area contributed by atoms with Crippen LogP contribution in [-0.2, 0) is 11.3 Å². The lowest BCUT2D eigenvalue weighted by atomic mass is 10.2. The summed E-state index contributed by atoms with van der Waals surface area (Å²) in [7, 11) is 1.66. The average Bonchev–Trinajstić information content (AvgIpc) is 2.44. The van der Waals surface area contributed by atoms with E-state index in [1.807, 2.05) is 19.1 Å². The fraction of sp³-hybridized carbons (Fsp3) is 0.600. The first kappa shape index (κ1) is 15.8. The van der Waals surface area contributed by atoms with Gasteiger partial charge in [0.1, 0.15) is 6.61 Å². The van der Waals surface area contributed by atoms with Crippen molar-refractivity contribution < 1.29 is 14.2 Å². The molecule has 0 aliphatic carbocycles. The van der Waals surface area contributed by atoms with Crippen molar-refractivity contribution in [2.75, 3.05) is 33.5 Å². The van der Waals surface area contributed by atoms with E-state index in [1.54, 1.807) is 7.11 Å². The molecule has 0 spiro atoms. The summed E-state index contributed by atoms with van der Waals surface area (Å²) in [4.78, 5) is 0. The molecule has 108 valence electrons. The Balaban J connectivity index is 2.52. The predicted molar refractivity (Wildman–Crippen MR) is 77.0 cm³/mol. The van der Waals surface area contributed by atoms with Crippen LogP contribution in [0.5, 0.6) is 11.5 Å². The second kappa shape index (κ2) is 9.64. The Hall–Kier alpha value is -1.26. The minimum absolute atomic E-state index is 0.539. The van der Waals surface area contributed by atoms with Gasteiger partial charge in [0, 0.05) is 13.2 Å². The fourth-order valence-corrected chi connectivity index (χ4v) is 1.71. The molecule has 4 heteroatoms. The van der Waals surface area contributed by atoms with Gasteiger partial charge < -0.3 is 19.5 Å². The van der Waals surface area contributed by atoms with E-state index in [0.29, 0.717) is 19.8 Å². The number of hydrogen-bond donors (Lipinski definition) is 1. The number of benzene rings is 1. The molecule has 0 saturated carbocycles. The second-order valence-electron chi connectivity index (χ2n) is 4.21. The molecule has 0 fully saturated rings. The smallest absolute Gasteiger partial charge is 0.161 e. The molecule has 4 nitrogen and oxygen atoms in total. The fourth-order valence-electron chi connectivity index (χ4n) is 1.71. The predicted octanol–water partition coefficient (Wildman–Crippen LogP) is 2.61. The van der Waals surface area contributed by atoms with Crippen LogP contribution in [-0.4, -0.2) is 33.5 Å². The van der Waals surface area contributed by atoms with E-state index in [1.165, 1.54) is 5.56 Å². The van der Waals surface area contributed by atoms with Crippen LogP contribution in [0.1, 0.15) is 25.8 Å². The van der Waals surface area contributed by atoms with Gasteiger partial charge in [0.25, 0.3) is 0 Å². The summed E-state index contributed by atoms with van der Waals surface area (Å²) in [6, 6.07) is 6.02. The van der Waals surface area contributed by atoms with Gasteiger partial charge in [-0.05, 0) is 37.6 Å². The van der Waals surface area contributed by atoms with Gasteiger partial charge in [0.15, 0.2) is 11.5 Å². The number of ether oxygens (including phenoxy) is 3. The van der Waals surface area contributed by atoms with Gasteiger partial charge in [-0.3, -0.25) is 0 Å². The minimum atomic E-state index is 0.539. The Morgan fingerprint density at radius 3 is 2.63 bits per heavy atom. The third kappa shape index (κ3) is 5.94. The highest BCUT2D eigenvalue weighted by atomic mass is 16.5. The zero-order chi connectivity index (χ0) is 13.9. The second-order valence-corrected chi connectivity index (χ2v) is 4.21. The summed E-state index contributed by atoms with van der Waals surface area (Å²) < 4.78 is 16.2. The lowest BCUT2D eigenvalue weighted by molar-refractivity contribution is 0.109. The van der Waals surface area contributed by atoms with E-state index in [0.717, 1.165) is 31.0 Å². The van der Waals surface area contributed by atoms with Gasteiger partial charge in [-0.25, -0.2) is 0 Å². The van der Waals surface area contributed by atoms with E-state index in [-0.39, 0.29) is 0 Å². The average molecular weight is 267 g/mol. The first-order valence-corrected chi connectivity index (χ1v) is 6.90. The lowest BCUT2D eigenvalue weighted by Crippen LogP contribution is -2.14. The van der Waals surface area contributed by atoms with Gasteiger partial charge in [-0.15, -0.1) is 0 Å². The molecule has 0 amide bonds. The van der Waals surface area contributed by atoms with Crippen LogP contribution in [0.2, 0.25) is 0 Å². The molecular weight excluding hydrogens is 242 g/mol. The Morgan fingerprint density at radius 2 is 1.95 bits per heavy atom. The number of methoxy groups -OCH3 is 1. The lowest BCUT2D eigenvalue weighted by Gasteiger charge is -2.12. The minimum Gasteiger partial charge on any atom is -0.493 e. The SMILES string of the molecule is CCCNCc1ccc(OCCOCC)c(OC)c1. The van der Waals surface area contributed by atoms with Crippen molar-refractivity contribution in [3.8, 4) is 11.5 Å². The Labute approximate surface area is 116 Å². The molecule has 0 bridgehead atoms. The topological polar surface area (TPSA) is 39.7 Å². The summed E-state index contributed by atoms with van der Waals surface area (Å²) >= 11 is 0. The summed E-state index contributed by atoms with van der Waals surface area (Å²) in [5.41, 5.74) is 1.20. The molecule has 1 rings (SSSR count). The zero-order valence-corrected chi connectivity index (χ0v) is 12.2. The van der Waals surface area contributed by atoms with Crippen LogP contribution < -0.4 is 14.8 Å². The first-order chi connectivity index (χ1) is 9.31. The molecule has 0 aromatic heterocycles. The highest BCUT2D eigenvalue weighted by Gasteiger charge is 2.05. The van der Waals surface area contributed by atoms with E-state index < -0.39 is 0 Å². The van der Waals surface area contributed by atoms with Crippen molar-refractivity contribution in [1.82, 2.24) is 5.32 Å². The van der Waals surface area contributed by atoms with Crippen molar-refractivity contribution in [2.24, 2.45) is 0 Å². The van der Waals surface area contributed by atoms with Crippen molar-refractivity contribution in [2.45, 2.75) is 26.8 Å². The number of hydrogen-bond acceptors (Lipinski definition) is 4. The molecular formula is C15H25NO3. The third-order valence-corrected chi connectivity index (χ3v) is 2.67. The van der Waals surface area contributed by atoms with Gasteiger partial charge in [-0.2, -0.15) is 0 Å². The van der Waals surface area contributed by atoms with Crippen molar-refractivity contribution >= 4 is 0 Å². The molecule has 1 aromatic carbocycles. The summed E-state index contributed by atoms with van der Waals surface area (Å²) in [5.74, 6) is 1.54. The molecule has 0 heterocycles. The van der Waals surface area contributed by atoms with Crippen LogP contribution in [0.3, 0.4) is 0 Å². The molecule has 0 radical (unpaired) electrons. The zero-order valence-electron chi connectivity index (χ0n) is 12.2.